The molecule has 0 spiro atoms. The average Bonchev–Trinajstić information content (AvgIpc) is 3.41. The van der Waals surface area contributed by atoms with E-state index in [9.17, 15) is 9.59 Å². The molecule has 1 heterocycles. The third kappa shape index (κ3) is 4.98. The van der Waals surface area contributed by atoms with E-state index in [-0.39, 0.29) is 23.8 Å². The first-order valence-electron chi connectivity index (χ1n) is 12.8. The second kappa shape index (κ2) is 10.6. The van der Waals surface area contributed by atoms with Gasteiger partial charge in [0.2, 0.25) is 5.91 Å². The van der Waals surface area contributed by atoms with Gasteiger partial charge in [0.25, 0.3) is 5.91 Å². The lowest BCUT2D eigenvalue weighted by molar-refractivity contribution is -0.137. The van der Waals surface area contributed by atoms with Crippen LogP contribution in [0.4, 0.5) is 0 Å². The Morgan fingerprint density at radius 3 is 2.44 bits per heavy atom. The quantitative estimate of drug-likeness (QED) is 0.561. The summed E-state index contributed by atoms with van der Waals surface area (Å²) in [4.78, 5) is 30.2. The van der Waals surface area contributed by atoms with Crippen LogP contribution in [0.25, 0.3) is 0 Å². The van der Waals surface area contributed by atoms with Crippen molar-refractivity contribution in [3.05, 3.63) is 64.7 Å². The molecule has 2 atom stereocenters. The minimum Gasteiger partial charge on any atom is -0.481 e. The van der Waals surface area contributed by atoms with Crippen LogP contribution in [-0.2, 0) is 16.0 Å². The summed E-state index contributed by atoms with van der Waals surface area (Å²) in [6.45, 7) is 7.41. The van der Waals surface area contributed by atoms with Gasteiger partial charge in [-0.25, -0.2) is 0 Å². The van der Waals surface area contributed by atoms with E-state index in [1.807, 2.05) is 19.9 Å². The first-order valence-corrected chi connectivity index (χ1v) is 12.8. The Morgan fingerprint density at radius 1 is 1.09 bits per heavy atom. The summed E-state index contributed by atoms with van der Waals surface area (Å²) in [5.41, 5.74) is 4.70. The molecule has 0 radical (unpaired) electrons. The summed E-state index contributed by atoms with van der Waals surface area (Å²) < 4.78 is 6.22. The van der Waals surface area contributed by atoms with Crippen LogP contribution in [0.2, 0.25) is 0 Å². The van der Waals surface area contributed by atoms with Crippen LogP contribution in [0.15, 0.2) is 42.5 Å². The summed E-state index contributed by atoms with van der Waals surface area (Å²) in [6.07, 6.45) is 5.22. The number of hydrogen-bond donors (Lipinski definition) is 0. The van der Waals surface area contributed by atoms with Gasteiger partial charge in [0.1, 0.15) is 5.75 Å². The molecule has 1 fully saturated rings. The highest BCUT2D eigenvalue weighted by molar-refractivity contribution is 5.81. The van der Waals surface area contributed by atoms with E-state index in [4.69, 9.17) is 4.74 Å². The fourth-order valence-corrected chi connectivity index (χ4v) is 5.29. The molecule has 5 nitrogen and oxygen atoms in total. The summed E-state index contributed by atoms with van der Waals surface area (Å²) in [6, 6.07) is 14.6. The van der Waals surface area contributed by atoms with Crippen molar-refractivity contribution in [2.45, 2.75) is 71.4 Å². The number of likely N-dealkylation sites (N-methyl/N-ethyl adjacent to an activating group) is 1. The first-order chi connectivity index (χ1) is 16.4. The molecule has 2 aromatic rings. The van der Waals surface area contributed by atoms with Crippen molar-refractivity contribution in [2.24, 2.45) is 5.92 Å². The van der Waals surface area contributed by atoms with Crippen LogP contribution in [0.3, 0.4) is 0 Å². The SMILES string of the molecule is CC[C@@H](Oc1ccc2c(c1)[C@@H](c1ccc(C)cc1)N(C(=O)C1CCCC1)CC2)C(=O)N(C)CC. The van der Waals surface area contributed by atoms with Crippen LogP contribution in [0, 0.1) is 12.8 Å². The zero-order valence-corrected chi connectivity index (χ0v) is 21.0. The third-order valence-electron chi connectivity index (χ3n) is 7.50. The molecule has 0 unspecified atom stereocenters. The average molecular weight is 463 g/mol. The van der Waals surface area contributed by atoms with E-state index in [1.165, 1.54) is 11.1 Å². The molecule has 0 aromatic heterocycles. The Morgan fingerprint density at radius 2 is 1.79 bits per heavy atom. The fraction of sp³-hybridized carbons (Fsp3) is 0.517. The van der Waals surface area contributed by atoms with Crippen molar-refractivity contribution in [3.8, 4) is 5.75 Å². The molecular formula is C29H38N2O3. The standard InChI is InChI=1S/C29H38N2O3/c1-5-26(29(33)30(4)6-2)34-24-16-15-21-17-18-31(28(32)23-9-7-8-10-23)27(25(21)19-24)22-13-11-20(3)12-14-22/h11-16,19,23,26-27H,5-10,17-18H2,1-4H3/t26-,27-/m1/s1. The Bertz CT molecular complexity index is 1010. The molecule has 0 N–H and O–H groups in total. The third-order valence-corrected chi connectivity index (χ3v) is 7.50. The van der Waals surface area contributed by atoms with Gasteiger partial charge in [-0.1, -0.05) is 55.7 Å². The van der Waals surface area contributed by atoms with Gasteiger partial charge in [-0.15, -0.1) is 0 Å². The summed E-state index contributed by atoms with van der Waals surface area (Å²) in [7, 11) is 1.81. The zero-order valence-electron chi connectivity index (χ0n) is 21.0. The number of aryl methyl sites for hydroxylation is 1. The minimum atomic E-state index is -0.513. The summed E-state index contributed by atoms with van der Waals surface area (Å²) >= 11 is 0. The minimum absolute atomic E-state index is 0.00385. The number of hydrogen-bond acceptors (Lipinski definition) is 3. The first kappa shape index (κ1) is 24.3. The van der Waals surface area contributed by atoms with E-state index in [0.717, 1.165) is 49.8 Å². The Balaban J connectivity index is 1.69. The van der Waals surface area contributed by atoms with Crippen LogP contribution in [0.1, 0.15) is 74.2 Å². The summed E-state index contributed by atoms with van der Waals surface area (Å²) in [5, 5.41) is 0. The second-order valence-corrected chi connectivity index (χ2v) is 9.80. The summed E-state index contributed by atoms with van der Waals surface area (Å²) in [5.74, 6) is 1.11. The van der Waals surface area contributed by atoms with Gasteiger partial charge in [-0.05, 0) is 68.4 Å². The lowest BCUT2D eigenvalue weighted by Crippen LogP contribution is -2.43. The van der Waals surface area contributed by atoms with Gasteiger partial charge < -0.3 is 14.5 Å². The monoisotopic (exact) mass is 462 g/mol. The lowest BCUT2D eigenvalue weighted by Gasteiger charge is -2.39. The zero-order chi connectivity index (χ0) is 24.2. The molecule has 2 aromatic carbocycles. The van der Waals surface area contributed by atoms with Gasteiger partial charge in [0.15, 0.2) is 6.10 Å². The van der Waals surface area contributed by atoms with E-state index in [1.54, 1.807) is 11.9 Å². The number of nitrogens with zero attached hydrogens (tertiary/aromatic N) is 2. The predicted octanol–water partition coefficient (Wildman–Crippen LogP) is 5.30. The van der Waals surface area contributed by atoms with Crippen molar-refractivity contribution in [1.82, 2.24) is 9.80 Å². The normalized spacial score (nSPS) is 18.9. The van der Waals surface area contributed by atoms with E-state index in [2.05, 4.69) is 48.2 Å². The van der Waals surface area contributed by atoms with Crippen molar-refractivity contribution >= 4 is 11.8 Å². The molecule has 1 aliphatic carbocycles. The van der Waals surface area contributed by atoms with E-state index in [0.29, 0.717) is 18.7 Å². The van der Waals surface area contributed by atoms with Crippen LogP contribution in [-0.4, -0.2) is 47.9 Å². The predicted molar refractivity (Wildman–Crippen MR) is 135 cm³/mol. The Kier molecular flexibility index (Phi) is 7.60. The number of carbonyl (C=O) groups is 2. The molecule has 1 aliphatic heterocycles. The van der Waals surface area contributed by atoms with Crippen molar-refractivity contribution < 1.29 is 14.3 Å². The molecule has 5 heteroatoms. The number of ether oxygens (including phenoxy) is 1. The van der Waals surface area contributed by atoms with Gasteiger partial charge in [-0.2, -0.15) is 0 Å². The topological polar surface area (TPSA) is 49.9 Å². The van der Waals surface area contributed by atoms with Crippen molar-refractivity contribution in [2.75, 3.05) is 20.1 Å². The fourth-order valence-electron chi connectivity index (χ4n) is 5.29. The van der Waals surface area contributed by atoms with Crippen LogP contribution in [0.5, 0.6) is 5.75 Å². The van der Waals surface area contributed by atoms with Crippen LogP contribution >= 0.6 is 0 Å². The maximum Gasteiger partial charge on any atom is 0.263 e. The Hall–Kier alpha value is -2.82. The van der Waals surface area contributed by atoms with E-state index < -0.39 is 6.10 Å². The van der Waals surface area contributed by atoms with Gasteiger partial charge in [-0.3, -0.25) is 9.59 Å². The largest absolute Gasteiger partial charge is 0.481 e. The van der Waals surface area contributed by atoms with Gasteiger partial charge in [0, 0.05) is 26.1 Å². The molecule has 34 heavy (non-hydrogen) atoms. The molecule has 2 aliphatic rings. The van der Waals surface area contributed by atoms with E-state index >= 15 is 0 Å². The molecule has 0 bridgehead atoms. The number of amides is 2. The van der Waals surface area contributed by atoms with Crippen LogP contribution < -0.4 is 4.74 Å². The van der Waals surface area contributed by atoms with Crippen molar-refractivity contribution in [3.63, 3.8) is 0 Å². The highest BCUT2D eigenvalue weighted by Crippen LogP contribution is 2.40. The molecule has 2 amide bonds. The molecule has 182 valence electrons. The molecule has 1 saturated carbocycles. The number of benzene rings is 2. The molecule has 4 rings (SSSR count). The number of fused-ring (bicyclic) bond motifs is 1. The molecule has 0 saturated heterocycles. The number of rotatable bonds is 7. The van der Waals surface area contributed by atoms with Crippen molar-refractivity contribution in [1.29, 1.82) is 0 Å². The number of carbonyl (C=O) groups excluding carboxylic acids is 2. The Labute approximate surface area is 204 Å². The molecular weight excluding hydrogens is 424 g/mol. The smallest absolute Gasteiger partial charge is 0.263 e. The van der Waals surface area contributed by atoms with Gasteiger partial charge in [0.05, 0.1) is 6.04 Å². The maximum absolute atomic E-state index is 13.6. The second-order valence-electron chi connectivity index (χ2n) is 9.80. The highest BCUT2D eigenvalue weighted by atomic mass is 16.5. The maximum atomic E-state index is 13.6. The lowest BCUT2D eigenvalue weighted by atomic mass is 9.86. The van der Waals surface area contributed by atoms with Gasteiger partial charge >= 0.3 is 0 Å². The highest BCUT2D eigenvalue weighted by Gasteiger charge is 2.36.